The maximum absolute atomic E-state index is 11.5. The molecule has 0 radical (unpaired) electrons. The van der Waals surface area contributed by atoms with Crippen LogP contribution in [0.1, 0.15) is 30.1 Å². The molecular formula is C16H17N3O2. The Bertz CT molecular complexity index is 564. The van der Waals surface area contributed by atoms with Crippen LogP contribution in [-0.2, 0) is 4.79 Å². The molecule has 108 valence electrons. The highest BCUT2D eigenvalue weighted by atomic mass is 16.4. The van der Waals surface area contributed by atoms with Crippen molar-refractivity contribution in [1.29, 1.82) is 0 Å². The third-order valence-electron chi connectivity index (χ3n) is 3.90. The minimum absolute atomic E-state index is 0.141. The summed E-state index contributed by atoms with van der Waals surface area (Å²) in [4.78, 5) is 22.0. The average Bonchev–Trinajstić information content (AvgIpc) is 2.99. The number of carbonyl (C=O) groups is 1. The van der Waals surface area contributed by atoms with Gasteiger partial charge in [-0.15, -0.1) is 0 Å². The summed E-state index contributed by atoms with van der Waals surface area (Å²) in [5.74, 6) is -0.762. The fraction of sp³-hybridized carbons (Fsp3) is 0.312. The number of aromatic nitrogens is 2. The first-order valence-corrected chi connectivity index (χ1v) is 7.07. The van der Waals surface area contributed by atoms with Crippen molar-refractivity contribution in [3.05, 3.63) is 60.2 Å². The molecule has 1 fully saturated rings. The third-order valence-corrected chi connectivity index (χ3v) is 3.90. The van der Waals surface area contributed by atoms with Crippen LogP contribution in [0.4, 0.5) is 0 Å². The first-order chi connectivity index (χ1) is 10.3. The van der Waals surface area contributed by atoms with Crippen LogP contribution in [0, 0.1) is 0 Å². The van der Waals surface area contributed by atoms with Crippen LogP contribution in [0.15, 0.2) is 48.9 Å². The Balaban J connectivity index is 2.03. The summed E-state index contributed by atoms with van der Waals surface area (Å²) in [6.07, 6.45) is 6.79. The molecule has 2 aromatic heterocycles. The van der Waals surface area contributed by atoms with E-state index in [0.717, 1.165) is 24.2 Å². The van der Waals surface area contributed by atoms with E-state index in [0.29, 0.717) is 6.42 Å². The average molecular weight is 283 g/mol. The fourth-order valence-corrected chi connectivity index (χ4v) is 2.98. The van der Waals surface area contributed by atoms with E-state index in [1.807, 2.05) is 35.2 Å². The highest BCUT2D eigenvalue weighted by molar-refractivity contribution is 5.74. The summed E-state index contributed by atoms with van der Waals surface area (Å²) < 4.78 is 0. The second-order valence-corrected chi connectivity index (χ2v) is 5.17. The van der Waals surface area contributed by atoms with E-state index in [4.69, 9.17) is 0 Å². The lowest BCUT2D eigenvalue weighted by atomic mass is 10.0. The van der Waals surface area contributed by atoms with E-state index in [1.54, 1.807) is 18.6 Å². The topological polar surface area (TPSA) is 66.3 Å². The van der Waals surface area contributed by atoms with Gasteiger partial charge in [-0.05, 0) is 42.7 Å². The quantitative estimate of drug-likeness (QED) is 0.931. The van der Waals surface area contributed by atoms with Crippen molar-refractivity contribution < 1.29 is 9.90 Å². The SMILES string of the molecule is O=C(O)C1CCCN1C(c1ccncc1)c1ccccn1. The molecule has 2 atom stereocenters. The van der Waals surface area contributed by atoms with Crippen molar-refractivity contribution in [3.63, 3.8) is 0 Å². The van der Waals surface area contributed by atoms with E-state index in [1.165, 1.54) is 0 Å². The summed E-state index contributed by atoms with van der Waals surface area (Å²) in [6, 6.07) is 9.01. The summed E-state index contributed by atoms with van der Waals surface area (Å²) in [5, 5.41) is 9.45. The zero-order valence-electron chi connectivity index (χ0n) is 11.6. The second-order valence-electron chi connectivity index (χ2n) is 5.17. The molecule has 2 aromatic rings. The Kier molecular flexibility index (Phi) is 3.92. The van der Waals surface area contributed by atoms with Gasteiger partial charge in [-0.3, -0.25) is 19.7 Å². The molecule has 0 spiro atoms. The molecule has 3 heterocycles. The Morgan fingerprint density at radius 2 is 2.05 bits per heavy atom. The Hall–Kier alpha value is -2.27. The molecule has 1 aliphatic rings. The molecule has 0 aromatic carbocycles. The van der Waals surface area contributed by atoms with Crippen molar-refractivity contribution in [2.45, 2.75) is 24.9 Å². The maximum Gasteiger partial charge on any atom is 0.320 e. The Morgan fingerprint density at radius 3 is 2.71 bits per heavy atom. The van der Waals surface area contributed by atoms with Crippen LogP contribution in [0.3, 0.4) is 0 Å². The maximum atomic E-state index is 11.5. The lowest BCUT2D eigenvalue weighted by Gasteiger charge is -2.31. The monoisotopic (exact) mass is 283 g/mol. The van der Waals surface area contributed by atoms with Gasteiger partial charge in [0.15, 0.2) is 0 Å². The van der Waals surface area contributed by atoms with Gasteiger partial charge in [-0.2, -0.15) is 0 Å². The van der Waals surface area contributed by atoms with E-state index in [2.05, 4.69) is 9.97 Å². The molecule has 3 rings (SSSR count). The number of carboxylic acid groups (broad SMARTS) is 1. The highest BCUT2D eigenvalue weighted by Crippen LogP contribution is 2.33. The zero-order chi connectivity index (χ0) is 14.7. The highest BCUT2D eigenvalue weighted by Gasteiger charge is 2.37. The minimum Gasteiger partial charge on any atom is -0.480 e. The number of aliphatic carboxylic acids is 1. The molecule has 0 aliphatic carbocycles. The summed E-state index contributed by atoms with van der Waals surface area (Å²) in [6.45, 7) is 0.764. The lowest BCUT2D eigenvalue weighted by molar-refractivity contribution is -0.142. The van der Waals surface area contributed by atoms with E-state index in [-0.39, 0.29) is 6.04 Å². The van der Waals surface area contributed by atoms with Crippen LogP contribution in [0.2, 0.25) is 0 Å². The Labute approximate surface area is 123 Å². The smallest absolute Gasteiger partial charge is 0.320 e. The predicted octanol–water partition coefficient (Wildman–Crippen LogP) is 2.12. The first kappa shape index (κ1) is 13.7. The number of hydrogen-bond acceptors (Lipinski definition) is 4. The van der Waals surface area contributed by atoms with E-state index in [9.17, 15) is 9.90 Å². The standard InChI is InChI=1S/C16H17N3O2/c20-16(21)14-5-3-11-19(14)15(12-6-9-17-10-7-12)13-4-1-2-8-18-13/h1-2,4,6-10,14-15H,3,5,11H2,(H,20,21). The normalized spacial score (nSPS) is 20.3. The molecule has 0 saturated carbocycles. The number of pyridine rings is 2. The molecule has 5 nitrogen and oxygen atoms in total. The Morgan fingerprint density at radius 1 is 1.24 bits per heavy atom. The number of carboxylic acids is 1. The third kappa shape index (κ3) is 2.78. The van der Waals surface area contributed by atoms with Gasteiger partial charge < -0.3 is 5.11 Å². The predicted molar refractivity (Wildman–Crippen MR) is 77.7 cm³/mol. The first-order valence-electron chi connectivity index (χ1n) is 7.07. The zero-order valence-corrected chi connectivity index (χ0v) is 11.6. The van der Waals surface area contributed by atoms with Gasteiger partial charge in [-0.1, -0.05) is 6.07 Å². The van der Waals surface area contributed by atoms with Crippen molar-refractivity contribution in [1.82, 2.24) is 14.9 Å². The van der Waals surface area contributed by atoms with Gasteiger partial charge in [0.1, 0.15) is 6.04 Å². The summed E-state index contributed by atoms with van der Waals surface area (Å²) in [7, 11) is 0. The molecule has 1 N–H and O–H groups in total. The minimum atomic E-state index is -0.762. The number of rotatable bonds is 4. The van der Waals surface area contributed by atoms with Gasteiger partial charge >= 0.3 is 5.97 Å². The van der Waals surface area contributed by atoms with Crippen molar-refractivity contribution in [2.24, 2.45) is 0 Å². The van der Waals surface area contributed by atoms with Gasteiger partial charge in [0.25, 0.3) is 0 Å². The largest absolute Gasteiger partial charge is 0.480 e. The lowest BCUT2D eigenvalue weighted by Crippen LogP contribution is -2.39. The van der Waals surface area contributed by atoms with Crippen LogP contribution in [0.25, 0.3) is 0 Å². The molecule has 2 unspecified atom stereocenters. The second kappa shape index (κ2) is 6.01. The summed E-state index contributed by atoms with van der Waals surface area (Å²) >= 11 is 0. The fourth-order valence-electron chi connectivity index (χ4n) is 2.98. The molecular weight excluding hydrogens is 266 g/mol. The van der Waals surface area contributed by atoms with Gasteiger partial charge in [0.2, 0.25) is 0 Å². The van der Waals surface area contributed by atoms with Gasteiger partial charge in [-0.25, -0.2) is 0 Å². The van der Waals surface area contributed by atoms with Crippen molar-refractivity contribution in [2.75, 3.05) is 6.54 Å². The van der Waals surface area contributed by atoms with E-state index >= 15 is 0 Å². The molecule has 1 saturated heterocycles. The molecule has 0 bridgehead atoms. The van der Waals surface area contributed by atoms with Crippen molar-refractivity contribution in [3.8, 4) is 0 Å². The van der Waals surface area contributed by atoms with Crippen molar-refractivity contribution >= 4 is 5.97 Å². The van der Waals surface area contributed by atoms with Crippen LogP contribution in [-0.4, -0.2) is 38.5 Å². The van der Waals surface area contributed by atoms with Gasteiger partial charge in [0.05, 0.1) is 11.7 Å². The van der Waals surface area contributed by atoms with Crippen LogP contribution < -0.4 is 0 Å². The number of nitrogens with zero attached hydrogens (tertiary/aromatic N) is 3. The summed E-state index contributed by atoms with van der Waals surface area (Å²) in [5.41, 5.74) is 1.90. The number of hydrogen-bond donors (Lipinski definition) is 1. The molecule has 21 heavy (non-hydrogen) atoms. The molecule has 1 aliphatic heterocycles. The molecule has 0 amide bonds. The molecule has 5 heteroatoms. The van der Waals surface area contributed by atoms with E-state index < -0.39 is 12.0 Å². The van der Waals surface area contributed by atoms with Crippen LogP contribution in [0.5, 0.6) is 0 Å². The number of likely N-dealkylation sites (tertiary alicyclic amines) is 1. The van der Waals surface area contributed by atoms with Crippen LogP contribution >= 0.6 is 0 Å². The van der Waals surface area contributed by atoms with Gasteiger partial charge in [0, 0.05) is 25.1 Å².